The molecular weight excluding hydrogens is 256 g/mol. The van der Waals surface area contributed by atoms with Crippen LogP contribution in [0.15, 0.2) is 29.1 Å². The third kappa shape index (κ3) is 2.66. The number of para-hydroxylation sites is 1. The summed E-state index contributed by atoms with van der Waals surface area (Å²) >= 11 is 0. The molecule has 1 heterocycles. The Morgan fingerprint density at radius 2 is 2.05 bits per heavy atom. The second kappa shape index (κ2) is 5.77. The summed E-state index contributed by atoms with van der Waals surface area (Å²) < 4.78 is 5.51. The maximum atomic E-state index is 12.0. The lowest BCUT2D eigenvalue weighted by Gasteiger charge is -2.11. The minimum absolute atomic E-state index is 0.0950. The van der Waals surface area contributed by atoms with Crippen molar-refractivity contribution in [3.63, 3.8) is 0 Å². The first-order valence-corrected chi connectivity index (χ1v) is 6.60. The van der Waals surface area contributed by atoms with Crippen LogP contribution in [0.1, 0.15) is 32.3 Å². The van der Waals surface area contributed by atoms with E-state index in [4.69, 9.17) is 4.74 Å². The first-order chi connectivity index (χ1) is 9.54. The van der Waals surface area contributed by atoms with Gasteiger partial charge in [-0.1, -0.05) is 26.0 Å². The summed E-state index contributed by atoms with van der Waals surface area (Å²) in [5, 5.41) is 9.95. The van der Waals surface area contributed by atoms with Gasteiger partial charge in [0.15, 0.2) is 0 Å². The molecule has 0 spiro atoms. The Labute approximate surface area is 117 Å². The van der Waals surface area contributed by atoms with Crippen molar-refractivity contribution in [1.29, 1.82) is 0 Å². The molecule has 0 aliphatic carbocycles. The highest BCUT2D eigenvalue weighted by Crippen LogP contribution is 2.29. The van der Waals surface area contributed by atoms with Crippen LogP contribution in [0.5, 0.6) is 11.6 Å². The summed E-state index contributed by atoms with van der Waals surface area (Å²) in [6.45, 7) is 6.06. The molecule has 0 atom stereocenters. The van der Waals surface area contributed by atoms with E-state index in [2.05, 4.69) is 9.97 Å². The van der Waals surface area contributed by atoms with Crippen molar-refractivity contribution < 1.29 is 9.84 Å². The zero-order valence-corrected chi connectivity index (χ0v) is 11.8. The molecule has 0 saturated heterocycles. The van der Waals surface area contributed by atoms with Crippen LogP contribution in [-0.4, -0.2) is 21.7 Å². The van der Waals surface area contributed by atoms with Crippen LogP contribution in [0.3, 0.4) is 0 Å². The van der Waals surface area contributed by atoms with Gasteiger partial charge in [-0.3, -0.25) is 4.79 Å². The normalized spacial score (nSPS) is 10.8. The zero-order chi connectivity index (χ0) is 14.7. The highest BCUT2D eigenvalue weighted by molar-refractivity contribution is 5.64. The van der Waals surface area contributed by atoms with E-state index < -0.39 is 0 Å². The maximum absolute atomic E-state index is 12.0. The third-order valence-corrected chi connectivity index (χ3v) is 2.95. The van der Waals surface area contributed by atoms with Gasteiger partial charge in [0.2, 0.25) is 5.88 Å². The molecule has 0 fully saturated rings. The number of hydrogen-bond donors (Lipinski definition) is 2. The first-order valence-electron chi connectivity index (χ1n) is 6.60. The van der Waals surface area contributed by atoms with Gasteiger partial charge in [0.25, 0.3) is 5.56 Å². The van der Waals surface area contributed by atoms with Crippen LogP contribution in [0.25, 0.3) is 11.4 Å². The number of aromatic nitrogens is 2. The molecule has 1 aromatic carbocycles. The van der Waals surface area contributed by atoms with Crippen LogP contribution in [0.2, 0.25) is 0 Å². The molecule has 1 aromatic heterocycles. The van der Waals surface area contributed by atoms with Gasteiger partial charge in [0.1, 0.15) is 11.6 Å². The topological polar surface area (TPSA) is 75.2 Å². The summed E-state index contributed by atoms with van der Waals surface area (Å²) in [5.41, 5.74) is 0.619. The molecule has 0 aliphatic heterocycles. The van der Waals surface area contributed by atoms with E-state index in [1.807, 2.05) is 32.9 Å². The average Bonchev–Trinajstić information content (AvgIpc) is 2.38. The number of rotatable bonds is 4. The molecule has 0 radical (unpaired) electrons. The Bertz CT molecular complexity index is 662. The summed E-state index contributed by atoms with van der Waals surface area (Å²) in [6, 6.07) is 7.25. The number of H-pyrrole nitrogens is 1. The van der Waals surface area contributed by atoms with Crippen molar-refractivity contribution in [2.24, 2.45) is 0 Å². The molecule has 106 valence electrons. The fraction of sp³-hybridized carbons (Fsp3) is 0.333. The fourth-order valence-electron chi connectivity index (χ4n) is 2.06. The molecule has 0 unspecified atom stereocenters. The molecule has 5 heteroatoms. The van der Waals surface area contributed by atoms with Crippen molar-refractivity contribution in [3.8, 4) is 23.0 Å². The Morgan fingerprint density at radius 3 is 2.65 bits per heavy atom. The molecule has 0 amide bonds. The number of aromatic hydroxyl groups is 1. The summed E-state index contributed by atoms with van der Waals surface area (Å²) in [4.78, 5) is 18.8. The smallest absolute Gasteiger partial charge is 0.258 e. The second-order valence-corrected chi connectivity index (χ2v) is 4.74. The number of hydrogen-bond acceptors (Lipinski definition) is 4. The van der Waals surface area contributed by atoms with Crippen LogP contribution in [0.4, 0.5) is 0 Å². The standard InChI is InChI=1S/C15H18N2O3/c1-4-20-11-8-6-5-7-10(11)13-16-14(18)12(9(2)3)15(19)17-13/h5-9H,4H2,1-3H3,(H2,16,17,18,19). The molecule has 0 saturated carbocycles. The summed E-state index contributed by atoms with van der Waals surface area (Å²) in [7, 11) is 0. The van der Waals surface area contributed by atoms with Gasteiger partial charge in [-0.25, -0.2) is 0 Å². The molecular formula is C15H18N2O3. The van der Waals surface area contributed by atoms with Gasteiger partial charge in [-0.15, -0.1) is 0 Å². The van der Waals surface area contributed by atoms with Gasteiger partial charge in [-0.05, 0) is 25.0 Å². The molecule has 0 bridgehead atoms. The molecule has 20 heavy (non-hydrogen) atoms. The highest BCUT2D eigenvalue weighted by Gasteiger charge is 2.16. The van der Waals surface area contributed by atoms with E-state index in [-0.39, 0.29) is 17.4 Å². The van der Waals surface area contributed by atoms with E-state index in [0.29, 0.717) is 29.3 Å². The van der Waals surface area contributed by atoms with Gasteiger partial charge in [-0.2, -0.15) is 4.98 Å². The first kappa shape index (κ1) is 14.1. The van der Waals surface area contributed by atoms with Crippen LogP contribution < -0.4 is 10.3 Å². The van der Waals surface area contributed by atoms with Gasteiger partial charge in [0, 0.05) is 0 Å². The molecule has 2 N–H and O–H groups in total. The van der Waals surface area contributed by atoms with Crippen molar-refractivity contribution in [1.82, 2.24) is 9.97 Å². The number of benzene rings is 1. The Morgan fingerprint density at radius 1 is 1.35 bits per heavy atom. The van der Waals surface area contributed by atoms with Crippen LogP contribution in [-0.2, 0) is 0 Å². The molecule has 2 rings (SSSR count). The van der Waals surface area contributed by atoms with E-state index >= 15 is 0 Å². The van der Waals surface area contributed by atoms with Crippen molar-refractivity contribution in [2.45, 2.75) is 26.7 Å². The van der Waals surface area contributed by atoms with E-state index in [1.165, 1.54) is 0 Å². The average molecular weight is 274 g/mol. The van der Waals surface area contributed by atoms with Gasteiger partial charge < -0.3 is 14.8 Å². The van der Waals surface area contributed by atoms with Crippen molar-refractivity contribution in [3.05, 3.63) is 40.2 Å². The van der Waals surface area contributed by atoms with E-state index in [1.54, 1.807) is 12.1 Å². The Kier molecular flexibility index (Phi) is 4.08. The summed E-state index contributed by atoms with van der Waals surface area (Å²) in [6.07, 6.45) is 0. The van der Waals surface area contributed by atoms with Gasteiger partial charge in [0.05, 0.1) is 17.7 Å². The number of nitrogens with one attached hydrogen (secondary N) is 1. The van der Waals surface area contributed by atoms with Crippen molar-refractivity contribution in [2.75, 3.05) is 6.61 Å². The second-order valence-electron chi connectivity index (χ2n) is 4.74. The van der Waals surface area contributed by atoms with Crippen LogP contribution >= 0.6 is 0 Å². The van der Waals surface area contributed by atoms with Crippen molar-refractivity contribution >= 4 is 0 Å². The number of ether oxygens (including phenoxy) is 1. The fourth-order valence-corrected chi connectivity index (χ4v) is 2.06. The third-order valence-electron chi connectivity index (χ3n) is 2.95. The van der Waals surface area contributed by atoms with Crippen LogP contribution in [0, 0.1) is 0 Å². The van der Waals surface area contributed by atoms with E-state index in [0.717, 1.165) is 0 Å². The Balaban J connectivity index is 2.58. The minimum Gasteiger partial charge on any atom is -0.493 e. The number of nitrogens with zero attached hydrogens (tertiary/aromatic N) is 1. The predicted octanol–water partition coefficient (Wildman–Crippen LogP) is 2.66. The summed E-state index contributed by atoms with van der Waals surface area (Å²) in [5.74, 6) is 0.600. The lowest BCUT2D eigenvalue weighted by Crippen LogP contribution is -2.16. The highest BCUT2D eigenvalue weighted by atomic mass is 16.5. The monoisotopic (exact) mass is 274 g/mol. The molecule has 2 aromatic rings. The molecule has 0 aliphatic rings. The maximum Gasteiger partial charge on any atom is 0.258 e. The zero-order valence-electron chi connectivity index (χ0n) is 11.8. The lowest BCUT2D eigenvalue weighted by atomic mass is 10.1. The Hall–Kier alpha value is -2.30. The SMILES string of the molecule is CCOc1ccccc1-c1nc(O)c(C(C)C)c(=O)[nH]1. The van der Waals surface area contributed by atoms with E-state index in [9.17, 15) is 9.90 Å². The number of aromatic amines is 1. The predicted molar refractivity (Wildman–Crippen MR) is 77.2 cm³/mol. The van der Waals surface area contributed by atoms with Gasteiger partial charge >= 0.3 is 0 Å². The minimum atomic E-state index is -0.325. The molecule has 5 nitrogen and oxygen atoms in total. The quantitative estimate of drug-likeness (QED) is 0.898. The largest absolute Gasteiger partial charge is 0.493 e. The lowest BCUT2D eigenvalue weighted by molar-refractivity contribution is 0.341.